The van der Waals surface area contributed by atoms with Gasteiger partial charge in [0.2, 0.25) is 5.91 Å². The largest absolute Gasteiger partial charge is 0.341 e. The average Bonchev–Trinajstić information content (AvgIpc) is 2.52. The van der Waals surface area contributed by atoms with Crippen LogP contribution in [0.4, 0.5) is 4.79 Å². The fraction of sp³-hybridized carbons (Fsp3) is 0.467. The number of fused-ring (bicyclic) bond motifs is 1. The number of hydrogen-bond donors (Lipinski definition) is 3. The molecule has 21 heavy (non-hydrogen) atoms. The van der Waals surface area contributed by atoms with Crippen LogP contribution in [0.25, 0.3) is 0 Å². The first-order chi connectivity index (χ1) is 10.1. The summed E-state index contributed by atoms with van der Waals surface area (Å²) in [7, 11) is 1.48. The van der Waals surface area contributed by atoms with Crippen molar-refractivity contribution in [1.29, 1.82) is 0 Å². The summed E-state index contributed by atoms with van der Waals surface area (Å²) in [4.78, 5) is 25.5. The number of rotatable bonds is 3. The number of hydrogen-bond acceptors (Lipinski definition) is 4. The van der Waals surface area contributed by atoms with Gasteiger partial charge in [0.05, 0.1) is 6.04 Å². The third kappa shape index (κ3) is 3.22. The highest BCUT2D eigenvalue weighted by Gasteiger charge is 2.32. The standard InChI is InChI=1S/C15H22N4O2/c1-10(14(20)18-15(21)17-2)19-8-7-11-5-3-4-6-12(11)13(19)9-16/h3-6,10,13H,7-9,16H2,1-2H3,(H2,17,18,20,21). The molecule has 2 rings (SSSR count). The van der Waals surface area contributed by atoms with Crippen LogP contribution in [0.1, 0.15) is 24.1 Å². The molecule has 2 atom stereocenters. The predicted octanol–water partition coefficient (Wildman–Crippen LogP) is 0.389. The Labute approximate surface area is 124 Å². The van der Waals surface area contributed by atoms with Crippen LogP contribution < -0.4 is 16.4 Å². The molecule has 1 aromatic carbocycles. The van der Waals surface area contributed by atoms with E-state index in [9.17, 15) is 9.59 Å². The molecule has 1 aliphatic rings. The van der Waals surface area contributed by atoms with Crippen molar-refractivity contribution in [3.63, 3.8) is 0 Å². The lowest BCUT2D eigenvalue weighted by atomic mass is 9.91. The minimum absolute atomic E-state index is 0.000359. The predicted molar refractivity (Wildman–Crippen MR) is 80.7 cm³/mol. The first kappa shape index (κ1) is 15.5. The Hall–Kier alpha value is -1.92. The van der Waals surface area contributed by atoms with Crippen LogP contribution >= 0.6 is 0 Å². The van der Waals surface area contributed by atoms with Gasteiger partial charge in [0.25, 0.3) is 0 Å². The summed E-state index contributed by atoms with van der Waals surface area (Å²) in [6.07, 6.45) is 0.879. The van der Waals surface area contributed by atoms with E-state index in [1.807, 2.05) is 12.1 Å². The van der Waals surface area contributed by atoms with Gasteiger partial charge in [-0.2, -0.15) is 0 Å². The third-order valence-electron chi connectivity index (χ3n) is 4.02. The second-order valence-electron chi connectivity index (χ2n) is 5.18. The van der Waals surface area contributed by atoms with Gasteiger partial charge < -0.3 is 11.1 Å². The van der Waals surface area contributed by atoms with Gasteiger partial charge in [0.1, 0.15) is 0 Å². The van der Waals surface area contributed by atoms with Crippen molar-refractivity contribution in [2.24, 2.45) is 5.73 Å². The molecule has 4 N–H and O–H groups in total. The van der Waals surface area contributed by atoms with Gasteiger partial charge in [-0.1, -0.05) is 24.3 Å². The topological polar surface area (TPSA) is 87.5 Å². The number of amides is 3. The van der Waals surface area contributed by atoms with Crippen molar-refractivity contribution in [2.75, 3.05) is 20.1 Å². The first-order valence-corrected chi connectivity index (χ1v) is 7.14. The van der Waals surface area contributed by atoms with E-state index in [1.165, 1.54) is 18.2 Å². The summed E-state index contributed by atoms with van der Waals surface area (Å²) in [6, 6.07) is 7.26. The Morgan fingerprint density at radius 1 is 1.43 bits per heavy atom. The minimum Gasteiger partial charge on any atom is -0.341 e. The average molecular weight is 290 g/mol. The molecule has 0 bridgehead atoms. The van der Waals surface area contributed by atoms with E-state index in [-0.39, 0.29) is 11.9 Å². The molecular weight excluding hydrogens is 268 g/mol. The van der Waals surface area contributed by atoms with Crippen molar-refractivity contribution < 1.29 is 9.59 Å². The quantitative estimate of drug-likeness (QED) is 0.751. The normalized spacial score (nSPS) is 19.5. The molecule has 1 aromatic rings. The number of imide groups is 1. The molecule has 0 aliphatic carbocycles. The molecule has 6 heteroatoms. The van der Waals surface area contributed by atoms with Crippen LogP contribution in [0.15, 0.2) is 24.3 Å². The van der Waals surface area contributed by atoms with Crippen LogP contribution in [0.5, 0.6) is 0 Å². The summed E-state index contributed by atoms with van der Waals surface area (Å²) in [6.45, 7) is 2.99. The molecule has 0 saturated heterocycles. The zero-order valence-corrected chi connectivity index (χ0v) is 12.4. The Balaban J connectivity index is 2.16. The Morgan fingerprint density at radius 2 is 2.14 bits per heavy atom. The molecule has 0 aromatic heterocycles. The number of nitrogens with one attached hydrogen (secondary N) is 2. The Bertz CT molecular complexity index is 532. The minimum atomic E-state index is -0.492. The zero-order chi connectivity index (χ0) is 15.4. The molecule has 3 amide bonds. The zero-order valence-electron chi connectivity index (χ0n) is 12.4. The van der Waals surface area contributed by atoms with Crippen molar-refractivity contribution in [3.8, 4) is 0 Å². The van der Waals surface area contributed by atoms with Crippen LogP contribution in [0, 0.1) is 0 Å². The Kier molecular flexibility index (Phi) is 4.93. The van der Waals surface area contributed by atoms with E-state index in [1.54, 1.807) is 6.92 Å². The van der Waals surface area contributed by atoms with Crippen LogP contribution in [0.3, 0.4) is 0 Å². The van der Waals surface area contributed by atoms with Crippen molar-refractivity contribution in [1.82, 2.24) is 15.5 Å². The van der Waals surface area contributed by atoms with Crippen LogP contribution in [-0.2, 0) is 11.2 Å². The maximum Gasteiger partial charge on any atom is 0.321 e. The number of carbonyl (C=O) groups excluding carboxylic acids is 2. The Morgan fingerprint density at radius 3 is 2.81 bits per heavy atom. The van der Waals surface area contributed by atoms with E-state index in [2.05, 4.69) is 27.7 Å². The van der Waals surface area contributed by atoms with Gasteiger partial charge >= 0.3 is 6.03 Å². The van der Waals surface area contributed by atoms with Gasteiger partial charge in [-0.3, -0.25) is 15.0 Å². The van der Waals surface area contributed by atoms with Gasteiger partial charge in [0, 0.05) is 26.2 Å². The van der Waals surface area contributed by atoms with E-state index in [4.69, 9.17) is 5.73 Å². The van der Waals surface area contributed by atoms with Crippen LogP contribution in [0.2, 0.25) is 0 Å². The number of carbonyl (C=O) groups is 2. The molecule has 6 nitrogen and oxygen atoms in total. The number of urea groups is 1. The summed E-state index contributed by atoms with van der Waals surface area (Å²) < 4.78 is 0. The lowest BCUT2D eigenvalue weighted by Gasteiger charge is -2.39. The highest BCUT2D eigenvalue weighted by atomic mass is 16.2. The lowest BCUT2D eigenvalue weighted by Crippen LogP contribution is -2.53. The molecule has 0 spiro atoms. The summed E-state index contributed by atoms with van der Waals surface area (Å²) in [5.74, 6) is -0.313. The fourth-order valence-corrected chi connectivity index (χ4v) is 2.83. The van der Waals surface area contributed by atoms with E-state index in [0.717, 1.165) is 13.0 Å². The van der Waals surface area contributed by atoms with Crippen LogP contribution in [-0.4, -0.2) is 43.0 Å². The number of benzene rings is 1. The summed E-state index contributed by atoms with van der Waals surface area (Å²) >= 11 is 0. The first-order valence-electron chi connectivity index (χ1n) is 7.14. The summed E-state index contributed by atoms with van der Waals surface area (Å²) in [5.41, 5.74) is 8.37. The number of nitrogens with two attached hydrogens (primary N) is 1. The molecule has 1 heterocycles. The summed E-state index contributed by atoms with van der Waals surface area (Å²) in [5, 5.41) is 4.70. The second-order valence-corrected chi connectivity index (χ2v) is 5.18. The van der Waals surface area contributed by atoms with Crippen molar-refractivity contribution >= 4 is 11.9 Å². The van der Waals surface area contributed by atoms with E-state index in [0.29, 0.717) is 6.54 Å². The molecular formula is C15H22N4O2. The van der Waals surface area contributed by atoms with Gasteiger partial charge in [-0.25, -0.2) is 4.79 Å². The molecule has 1 aliphatic heterocycles. The molecule has 0 radical (unpaired) electrons. The van der Waals surface area contributed by atoms with E-state index >= 15 is 0 Å². The molecule has 0 fully saturated rings. The van der Waals surface area contributed by atoms with Gasteiger partial charge in [-0.15, -0.1) is 0 Å². The fourth-order valence-electron chi connectivity index (χ4n) is 2.83. The van der Waals surface area contributed by atoms with E-state index < -0.39 is 12.1 Å². The lowest BCUT2D eigenvalue weighted by molar-refractivity contribution is -0.125. The third-order valence-corrected chi connectivity index (χ3v) is 4.02. The monoisotopic (exact) mass is 290 g/mol. The van der Waals surface area contributed by atoms with Gasteiger partial charge in [-0.05, 0) is 24.5 Å². The molecule has 0 saturated carbocycles. The van der Waals surface area contributed by atoms with Crippen molar-refractivity contribution in [2.45, 2.75) is 25.4 Å². The molecule has 2 unspecified atom stereocenters. The molecule has 114 valence electrons. The SMILES string of the molecule is CNC(=O)NC(=O)C(C)N1CCc2ccccc2C1CN. The van der Waals surface area contributed by atoms with Crippen molar-refractivity contribution in [3.05, 3.63) is 35.4 Å². The second kappa shape index (κ2) is 6.69. The highest BCUT2D eigenvalue weighted by molar-refractivity contribution is 5.96. The number of nitrogens with zero attached hydrogens (tertiary/aromatic N) is 1. The highest BCUT2D eigenvalue weighted by Crippen LogP contribution is 2.30. The smallest absolute Gasteiger partial charge is 0.321 e. The maximum atomic E-state index is 12.1. The van der Waals surface area contributed by atoms with Gasteiger partial charge in [0.15, 0.2) is 0 Å². The maximum absolute atomic E-state index is 12.1.